The molecule has 0 amide bonds. The largest absolute Gasteiger partial charge is 0.497 e. The summed E-state index contributed by atoms with van der Waals surface area (Å²) in [6.45, 7) is 2.77. The van der Waals surface area contributed by atoms with Gasteiger partial charge in [-0.2, -0.15) is 0 Å². The molecule has 4 rings (SSSR count). The first-order chi connectivity index (χ1) is 12.2. The Labute approximate surface area is 147 Å². The fraction of sp³-hybridized carbons (Fsp3) is 0.474. The molecule has 1 saturated heterocycles. The highest BCUT2D eigenvalue weighted by molar-refractivity contribution is 6.04. The molecule has 3 aliphatic rings. The first-order valence-corrected chi connectivity index (χ1v) is 8.84. The van der Waals surface area contributed by atoms with Crippen molar-refractivity contribution in [3.8, 4) is 5.75 Å². The van der Waals surface area contributed by atoms with Gasteiger partial charge >= 0.3 is 5.97 Å². The van der Waals surface area contributed by atoms with Crippen molar-refractivity contribution in [2.45, 2.75) is 25.9 Å². The lowest BCUT2D eigenvalue weighted by molar-refractivity contribution is -0.148. The number of nitrogens with one attached hydrogen (secondary N) is 1. The minimum absolute atomic E-state index is 0.183. The second-order valence-electron chi connectivity index (χ2n) is 6.59. The third kappa shape index (κ3) is 3.02. The Morgan fingerprint density at radius 3 is 2.72 bits per heavy atom. The molecule has 1 saturated carbocycles. The number of methoxy groups -OCH3 is 1. The topological polar surface area (TPSA) is 63.2 Å². The molecule has 6 heteroatoms. The second kappa shape index (κ2) is 6.52. The Hall–Kier alpha value is -2.34. The summed E-state index contributed by atoms with van der Waals surface area (Å²) in [5.41, 5.74) is 6.56. The normalized spacial score (nSPS) is 25.1. The summed E-state index contributed by atoms with van der Waals surface area (Å²) in [4.78, 5) is 17.2. The van der Waals surface area contributed by atoms with Crippen LogP contribution in [0.15, 0.2) is 35.3 Å². The average Bonchev–Trinajstić information content (AvgIpc) is 3.40. The molecule has 1 aliphatic carbocycles. The number of hydrogen-bond donors (Lipinski definition) is 1. The number of fused-ring (bicyclic) bond motifs is 1. The molecular weight excluding hydrogens is 318 g/mol. The van der Waals surface area contributed by atoms with Crippen LogP contribution in [0.25, 0.3) is 5.70 Å². The van der Waals surface area contributed by atoms with Crippen molar-refractivity contribution >= 4 is 17.4 Å². The predicted molar refractivity (Wildman–Crippen MR) is 94.9 cm³/mol. The van der Waals surface area contributed by atoms with Gasteiger partial charge in [-0.3, -0.25) is 14.8 Å². The van der Waals surface area contributed by atoms with Crippen LogP contribution >= 0.6 is 0 Å². The molecule has 0 bridgehead atoms. The SMILES string of the molecule is CCOC(=O)C1CNN2C(c3ccc(OC)cc3)=CC(C3CC3)=NC12. The van der Waals surface area contributed by atoms with Gasteiger partial charge in [0, 0.05) is 18.2 Å². The van der Waals surface area contributed by atoms with Gasteiger partial charge < -0.3 is 9.47 Å². The van der Waals surface area contributed by atoms with Crippen molar-refractivity contribution < 1.29 is 14.3 Å². The summed E-state index contributed by atoms with van der Waals surface area (Å²) >= 11 is 0. The number of carbonyl (C=O) groups excluding carboxylic acids is 1. The van der Waals surface area contributed by atoms with Crippen LogP contribution in [0, 0.1) is 11.8 Å². The number of nitrogens with zero attached hydrogens (tertiary/aromatic N) is 2. The summed E-state index contributed by atoms with van der Waals surface area (Å²) in [5, 5.41) is 2.01. The van der Waals surface area contributed by atoms with E-state index in [0.29, 0.717) is 19.1 Å². The van der Waals surface area contributed by atoms with Gasteiger partial charge in [-0.05, 0) is 55.7 Å². The maximum atomic E-state index is 12.3. The number of carbonyl (C=O) groups is 1. The molecule has 0 radical (unpaired) electrons. The standard InChI is InChI=1S/C19H23N3O3/c1-3-25-19(23)15-11-20-22-17(13-6-8-14(24-2)9-7-13)10-16(12-4-5-12)21-18(15)22/h6-10,12,15,18,20H,3-5,11H2,1-2H3. The fourth-order valence-electron chi connectivity index (χ4n) is 3.39. The zero-order valence-corrected chi connectivity index (χ0v) is 14.6. The Balaban J connectivity index is 1.67. The number of esters is 1. The zero-order valence-electron chi connectivity index (χ0n) is 14.6. The monoisotopic (exact) mass is 341 g/mol. The summed E-state index contributed by atoms with van der Waals surface area (Å²) in [6, 6.07) is 7.98. The number of ether oxygens (including phenoxy) is 2. The Morgan fingerprint density at radius 2 is 2.08 bits per heavy atom. The molecule has 1 aromatic rings. The van der Waals surface area contributed by atoms with Gasteiger partial charge in [-0.1, -0.05) is 0 Å². The van der Waals surface area contributed by atoms with Gasteiger partial charge in [0.25, 0.3) is 0 Å². The van der Waals surface area contributed by atoms with Crippen LogP contribution in [0.5, 0.6) is 5.75 Å². The number of rotatable bonds is 5. The highest BCUT2D eigenvalue weighted by Crippen LogP contribution is 2.38. The van der Waals surface area contributed by atoms with Gasteiger partial charge in [0.2, 0.25) is 0 Å². The van der Waals surface area contributed by atoms with Gasteiger partial charge in [0.15, 0.2) is 0 Å². The lowest BCUT2D eigenvalue weighted by Crippen LogP contribution is -2.40. The number of benzene rings is 1. The molecule has 1 aromatic carbocycles. The number of aliphatic imine (C=N–C) groups is 1. The van der Waals surface area contributed by atoms with E-state index in [-0.39, 0.29) is 18.1 Å². The smallest absolute Gasteiger partial charge is 0.314 e. The van der Waals surface area contributed by atoms with Crippen LogP contribution in [0.4, 0.5) is 0 Å². The summed E-state index contributed by atoms with van der Waals surface area (Å²) in [5.74, 6) is 0.887. The van der Waals surface area contributed by atoms with E-state index in [4.69, 9.17) is 14.5 Å². The zero-order chi connectivity index (χ0) is 17.4. The maximum Gasteiger partial charge on any atom is 0.314 e. The predicted octanol–water partition coefficient (Wildman–Crippen LogP) is 2.23. The number of hydrazine groups is 1. The van der Waals surface area contributed by atoms with Gasteiger partial charge in [0.1, 0.15) is 17.8 Å². The van der Waals surface area contributed by atoms with E-state index in [1.165, 1.54) is 12.8 Å². The third-order valence-corrected chi connectivity index (χ3v) is 4.90. The summed E-state index contributed by atoms with van der Waals surface area (Å²) in [7, 11) is 1.66. The quantitative estimate of drug-likeness (QED) is 0.832. The second-order valence-corrected chi connectivity index (χ2v) is 6.59. The van der Waals surface area contributed by atoms with Crippen LogP contribution < -0.4 is 10.2 Å². The van der Waals surface area contributed by atoms with E-state index >= 15 is 0 Å². The lowest BCUT2D eigenvalue weighted by Gasteiger charge is -2.32. The highest BCUT2D eigenvalue weighted by Gasteiger charge is 2.44. The van der Waals surface area contributed by atoms with E-state index in [0.717, 1.165) is 22.7 Å². The van der Waals surface area contributed by atoms with E-state index in [9.17, 15) is 4.79 Å². The van der Waals surface area contributed by atoms with E-state index in [2.05, 4.69) is 11.5 Å². The van der Waals surface area contributed by atoms with E-state index in [1.54, 1.807) is 7.11 Å². The molecule has 6 nitrogen and oxygen atoms in total. The maximum absolute atomic E-state index is 12.3. The minimum atomic E-state index is -0.282. The molecule has 2 aliphatic heterocycles. The number of allylic oxidation sites excluding steroid dienone is 1. The third-order valence-electron chi connectivity index (χ3n) is 4.90. The molecule has 0 spiro atoms. The van der Waals surface area contributed by atoms with Crippen LogP contribution in [0.1, 0.15) is 25.3 Å². The first-order valence-electron chi connectivity index (χ1n) is 8.84. The molecule has 2 fully saturated rings. The van der Waals surface area contributed by atoms with Crippen molar-refractivity contribution in [3.63, 3.8) is 0 Å². The van der Waals surface area contributed by atoms with Crippen LogP contribution in [0.2, 0.25) is 0 Å². The summed E-state index contributed by atoms with van der Waals surface area (Å²) < 4.78 is 10.5. The molecule has 1 N–H and O–H groups in total. The van der Waals surface area contributed by atoms with Crippen molar-refractivity contribution in [2.24, 2.45) is 16.8 Å². The van der Waals surface area contributed by atoms with Crippen molar-refractivity contribution in [2.75, 3.05) is 20.3 Å². The fourth-order valence-corrected chi connectivity index (χ4v) is 3.39. The first kappa shape index (κ1) is 16.1. The average molecular weight is 341 g/mol. The van der Waals surface area contributed by atoms with Gasteiger partial charge in [0.05, 0.1) is 19.4 Å². The highest BCUT2D eigenvalue weighted by atomic mass is 16.5. The molecule has 2 atom stereocenters. The molecule has 2 heterocycles. The molecule has 132 valence electrons. The Bertz CT molecular complexity index is 722. The van der Waals surface area contributed by atoms with Crippen LogP contribution in [-0.4, -0.2) is 43.1 Å². The van der Waals surface area contributed by atoms with E-state index in [1.807, 2.05) is 36.2 Å². The summed E-state index contributed by atoms with van der Waals surface area (Å²) in [6.07, 6.45) is 4.26. The Kier molecular flexibility index (Phi) is 4.21. The molecular formula is C19H23N3O3. The van der Waals surface area contributed by atoms with Crippen molar-refractivity contribution in [1.29, 1.82) is 0 Å². The molecule has 25 heavy (non-hydrogen) atoms. The number of hydrogen-bond acceptors (Lipinski definition) is 6. The van der Waals surface area contributed by atoms with Crippen molar-refractivity contribution in [1.82, 2.24) is 10.4 Å². The minimum Gasteiger partial charge on any atom is -0.497 e. The van der Waals surface area contributed by atoms with Gasteiger partial charge in [-0.25, -0.2) is 5.43 Å². The molecule has 0 aromatic heterocycles. The van der Waals surface area contributed by atoms with Crippen LogP contribution in [-0.2, 0) is 9.53 Å². The van der Waals surface area contributed by atoms with Crippen molar-refractivity contribution in [3.05, 3.63) is 35.9 Å². The molecule has 2 unspecified atom stereocenters. The van der Waals surface area contributed by atoms with Gasteiger partial charge in [-0.15, -0.1) is 0 Å². The van der Waals surface area contributed by atoms with E-state index < -0.39 is 0 Å². The van der Waals surface area contributed by atoms with Crippen LogP contribution in [0.3, 0.4) is 0 Å². The lowest BCUT2D eigenvalue weighted by atomic mass is 10.0. The Morgan fingerprint density at radius 1 is 1.32 bits per heavy atom.